The van der Waals surface area contributed by atoms with Gasteiger partial charge in [-0.1, -0.05) is 6.07 Å². The van der Waals surface area contributed by atoms with Gasteiger partial charge in [-0.05, 0) is 35.9 Å². The van der Waals surface area contributed by atoms with Gasteiger partial charge < -0.3 is 10.4 Å². The molecule has 0 atom stereocenters. The summed E-state index contributed by atoms with van der Waals surface area (Å²) in [6, 6.07) is 6.30. The number of benzene rings is 2. The van der Waals surface area contributed by atoms with Crippen LogP contribution in [-0.2, 0) is 11.0 Å². The van der Waals surface area contributed by atoms with Gasteiger partial charge in [0.2, 0.25) is 0 Å². The van der Waals surface area contributed by atoms with Crippen molar-refractivity contribution < 1.29 is 27.5 Å². The number of anilines is 1. The van der Waals surface area contributed by atoms with Gasteiger partial charge in [0.25, 0.3) is 0 Å². The molecule has 0 unspecified atom stereocenters. The lowest BCUT2D eigenvalue weighted by atomic mass is 10.00. The first-order valence-electron chi connectivity index (χ1n) is 6.34. The number of thiol groups is 1. The van der Waals surface area contributed by atoms with Gasteiger partial charge in [0.15, 0.2) is 0 Å². The number of nitrogens with one attached hydrogen (secondary N) is 1. The molecule has 2 rings (SSSR count). The lowest BCUT2D eigenvalue weighted by Crippen LogP contribution is -2.13. The number of halogens is 4. The highest BCUT2D eigenvalue weighted by Gasteiger charge is 2.31. The molecule has 0 amide bonds. The lowest BCUT2D eigenvalue weighted by Gasteiger charge is -2.16. The normalized spacial score (nSPS) is 11.3. The maximum atomic E-state index is 13.2. The summed E-state index contributed by atoms with van der Waals surface area (Å²) in [4.78, 5) is 10.8. The minimum Gasteiger partial charge on any atom is -0.480 e. The van der Waals surface area contributed by atoms with Gasteiger partial charge in [-0.25, -0.2) is 4.39 Å². The molecular formula is C15H11F4NO2S. The molecule has 122 valence electrons. The molecule has 2 aromatic rings. The van der Waals surface area contributed by atoms with E-state index in [4.69, 9.17) is 5.11 Å². The Bertz CT molecular complexity index is 747. The van der Waals surface area contributed by atoms with Crippen molar-refractivity contribution in [1.29, 1.82) is 0 Å². The van der Waals surface area contributed by atoms with Crippen LogP contribution in [0.5, 0.6) is 0 Å². The van der Waals surface area contributed by atoms with Crippen LogP contribution in [0.15, 0.2) is 41.3 Å². The Morgan fingerprint density at radius 2 is 1.83 bits per heavy atom. The lowest BCUT2D eigenvalue weighted by molar-refractivity contribution is -0.137. The number of carbonyl (C=O) groups is 1. The summed E-state index contributed by atoms with van der Waals surface area (Å²) >= 11 is 4.08. The maximum absolute atomic E-state index is 13.2. The van der Waals surface area contributed by atoms with E-state index in [1.165, 1.54) is 6.07 Å². The number of rotatable bonds is 4. The van der Waals surface area contributed by atoms with Crippen molar-refractivity contribution in [2.75, 3.05) is 11.9 Å². The van der Waals surface area contributed by atoms with E-state index in [1.807, 2.05) is 0 Å². The minimum absolute atomic E-state index is 0.0890. The van der Waals surface area contributed by atoms with Crippen LogP contribution in [-0.4, -0.2) is 17.6 Å². The van der Waals surface area contributed by atoms with Crippen LogP contribution in [0.2, 0.25) is 0 Å². The van der Waals surface area contributed by atoms with Gasteiger partial charge in [0, 0.05) is 16.1 Å². The molecule has 0 bridgehead atoms. The monoisotopic (exact) mass is 345 g/mol. The molecule has 0 saturated heterocycles. The Morgan fingerprint density at radius 3 is 2.39 bits per heavy atom. The molecule has 0 radical (unpaired) electrons. The standard InChI is InChI=1S/C15H11F4NO2S/c16-9-2-3-10(13(23)6-9)11-5-8(15(17,18)19)1-4-12(11)20-7-14(21)22/h1-6,20,23H,7H2,(H,21,22). The van der Waals surface area contributed by atoms with Gasteiger partial charge in [-0.3, -0.25) is 4.79 Å². The Kier molecular flexibility index (Phi) is 4.84. The summed E-state index contributed by atoms with van der Waals surface area (Å²) in [6.07, 6.45) is -4.56. The van der Waals surface area contributed by atoms with E-state index in [0.29, 0.717) is 0 Å². The largest absolute Gasteiger partial charge is 0.480 e. The summed E-state index contributed by atoms with van der Waals surface area (Å²) in [7, 11) is 0. The second-order valence-electron chi connectivity index (χ2n) is 4.67. The average Bonchev–Trinajstić information content (AvgIpc) is 2.44. The molecular weight excluding hydrogens is 334 g/mol. The van der Waals surface area contributed by atoms with E-state index in [1.54, 1.807) is 0 Å². The van der Waals surface area contributed by atoms with Crippen molar-refractivity contribution in [2.24, 2.45) is 0 Å². The zero-order chi connectivity index (χ0) is 17.2. The Hall–Kier alpha value is -2.22. The van der Waals surface area contributed by atoms with Crippen LogP contribution >= 0.6 is 12.6 Å². The number of carboxylic acids is 1. The maximum Gasteiger partial charge on any atom is 0.416 e. The Balaban J connectivity index is 2.57. The average molecular weight is 345 g/mol. The van der Waals surface area contributed by atoms with E-state index in [9.17, 15) is 22.4 Å². The van der Waals surface area contributed by atoms with Crippen LogP contribution in [0.4, 0.5) is 23.2 Å². The first kappa shape index (κ1) is 17.1. The number of aliphatic carboxylic acids is 1. The van der Waals surface area contributed by atoms with E-state index in [2.05, 4.69) is 17.9 Å². The molecule has 0 fully saturated rings. The van der Waals surface area contributed by atoms with Crippen LogP contribution < -0.4 is 5.32 Å². The van der Waals surface area contributed by atoms with Crippen molar-refractivity contribution in [3.8, 4) is 11.1 Å². The van der Waals surface area contributed by atoms with Crippen LogP contribution in [0.25, 0.3) is 11.1 Å². The van der Waals surface area contributed by atoms with Crippen molar-refractivity contribution in [3.05, 3.63) is 47.8 Å². The molecule has 0 aliphatic heterocycles. The van der Waals surface area contributed by atoms with Gasteiger partial charge >= 0.3 is 12.1 Å². The summed E-state index contributed by atoms with van der Waals surface area (Å²) in [6.45, 7) is -0.471. The quantitative estimate of drug-likeness (QED) is 0.572. The van der Waals surface area contributed by atoms with E-state index < -0.39 is 30.1 Å². The summed E-state index contributed by atoms with van der Waals surface area (Å²) in [5.74, 6) is -1.74. The van der Waals surface area contributed by atoms with Gasteiger partial charge in [0.05, 0.1) is 5.56 Å². The fourth-order valence-electron chi connectivity index (χ4n) is 2.00. The third-order valence-corrected chi connectivity index (χ3v) is 3.40. The Labute approximate surface area is 134 Å². The second kappa shape index (κ2) is 6.49. The van der Waals surface area contributed by atoms with E-state index in [-0.39, 0.29) is 21.7 Å². The van der Waals surface area contributed by atoms with E-state index >= 15 is 0 Å². The molecule has 0 saturated carbocycles. The predicted molar refractivity (Wildman–Crippen MR) is 80.2 cm³/mol. The van der Waals surface area contributed by atoms with Crippen molar-refractivity contribution >= 4 is 24.3 Å². The van der Waals surface area contributed by atoms with Crippen molar-refractivity contribution in [3.63, 3.8) is 0 Å². The number of hydrogen-bond donors (Lipinski definition) is 3. The Morgan fingerprint density at radius 1 is 1.13 bits per heavy atom. The second-order valence-corrected chi connectivity index (χ2v) is 5.15. The molecule has 3 nitrogen and oxygen atoms in total. The summed E-state index contributed by atoms with van der Waals surface area (Å²) in [5, 5.41) is 11.2. The fraction of sp³-hybridized carbons (Fsp3) is 0.133. The zero-order valence-electron chi connectivity index (χ0n) is 11.5. The van der Waals surface area contributed by atoms with Crippen LogP contribution in [0.1, 0.15) is 5.56 Å². The van der Waals surface area contributed by atoms with Crippen molar-refractivity contribution in [2.45, 2.75) is 11.1 Å². The zero-order valence-corrected chi connectivity index (χ0v) is 12.4. The highest BCUT2D eigenvalue weighted by atomic mass is 32.1. The van der Waals surface area contributed by atoms with Gasteiger partial charge in [0.1, 0.15) is 12.4 Å². The molecule has 0 heterocycles. The molecule has 23 heavy (non-hydrogen) atoms. The third kappa shape index (κ3) is 4.16. The number of alkyl halides is 3. The number of carboxylic acid groups (broad SMARTS) is 1. The fourth-order valence-corrected chi connectivity index (χ4v) is 2.32. The third-order valence-electron chi connectivity index (χ3n) is 3.03. The molecule has 0 aliphatic rings. The molecule has 8 heteroatoms. The highest BCUT2D eigenvalue weighted by Crippen LogP contribution is 2.38. The van der Waals surface area contributed by atoms with Crippen molar-refractivity contribution in [1.82, 2.24) is 0 Å². The summed E-state index contributed by atoms with van der Waals surface area (Å²) in [5.41, 5.74) is -0.368. The van der Waals surface area contributed by atoms with Gasteiger partial charge in [-0.15, -0.1) is 12.6 Å². The minimum atomic E-state index is -4.56. The van der Waals surface area contributed by atoms with Crippen LogP contribution in [0.3, 0.4) is 0 Å². The molecule has 2 aromatic carbocycles. The first-order valence-corrected chi connectivity index (χ1v) is 6.79. The molecule has 0 aromatic heterocycles. The predicted octanol–water partition coefficient (Wildman–Crippen LogP) is 4.30. The smallest absolute Gasteiger partial charge is 0.416 e. The molecule has 0 aliphatic carbocycles. The first-order chi connectivity index (χ1) is 10.7. The molecule has 0 spiro atoms. The summed E-state index contributed by atoms with van der Waals surface area (Å²) < 4.78 is 51.9. The SMILES string of the molecule is O=C(O)CNc1ccc(C(F)(F)F)cc1-c1ccc(F)cc1S. The molecule has 2 N–H and O–H groups in total. The topological polar surface area (TPSA) is 49.3 Å². The number of hydrogen-bond acceptors (Lipinski definition) is 3. The van der Waals surface area contributed by atoms with E-state index in [0.717, 1.165) is 30.3 Å². The van der Waals surface area contributed by atoms with Gasteiger partial charge in [-0.2, -0.15) is 13.2 Å². The van der Waals surface area contributed by atoms with Crippen LogP contribution in [0, 0.1) is 5.82 Å². The highest BCUT2D eigenvalue weighted by molar-refractivity contribution is 7.80.